The van der Waals surface area contributed by atoms with Crippen LogP contribution in [-0.4, -0.2) is 28.6 Å². The zero-order valence-corrected chi connectivity index (χ0v) is 17.2. The van der Waals surface area contributed by atoms with Crippen LogP contribution in [0.5, 0.6) is 5.75 Å². The second-order valence-electron chi connectivity index (χ2n) is 6.95. The van der Waals surface area contributed by atoms with E-state index >= 15 is 0 Å². The van der Waals surface area contributed by atoms with Crippen LogP contribution in [0.2, 0.25) is 0 Å². The number of rotatable bonds is 8. The first-order valence-electron chi connectivity index (χ1n) is 9.85. The number of benzene rings is 2. The average molecular weight is 459 g/mol. The summed E-state index contributed by atoms with van der Waals surface area (Å²) < 4.78 is 44.4. The van der Waals surface area contributed by atoms with Crippen molar-refractivity contribution in [3.05, 3.63) is 89.7 Å². The van der Waals surface area contributed by atoms with Crippen molar-refractivity contribution < 1.29 is 32.6 Å². The molecule has 2 aromatic carbocycles. The van der Waals surface area contributed by atoms with E-state index in [-0.39, 0.29) is 18.5 Å². The lowest BCUT2D eigenvalue weighted by atomic mass is 10.1. The lowest BCUT2D eigenvalue weighted by molar-refractivity contribution is -0.141. The molecule has 0 fully saturated rings. The van der Waals surface area contributed by atoms with Crippen molar-refractivity contribution in [1.82, 2.24) is 10.3 Å². The number of nitrogens with one attached hydrogen (secondary N) is 2. The molecule has 0 saturated carbocycles. The van der Waals surface area contributed by atoms with Crippen molar-refractivity contribution in [3.63, 3.8) is 0 Å². The third-order valence-corrected chi connectivity index (χ3v) is 4.55. The van der Waals surface area contributed by atoms with Crippen LogP contribution in [0.4, 0.5) is 23.7 Å². The smallest absolute Gasteiger partial charge is 0.433 e. The maximum atomic E-state index is 12.8. The Morgan fingerprint density at radius 2 is 1.70 bits per heavy atom. The molecular formula is C23H20F3N3O4. The molecule has 0 aliphatic rings. The number of amides is 2. The fourth-order valence-electron chi connectivity index (χ4n) is 2.91. The molecule has 2 amide bonds. The fraction of sp³-hybridized carbons (Fsp3) is 0.174. The summed E-state index contributed by atoms with van der Waals surface area (Å²) in [5.41, 5.74) is 0.00867. The molecule has 1 unspecified atom stereocenters. The molecule has 3 rings (SSSR count). The molecule has 33 heavy (non-hydrogen) atoms. The largest absolute Gasteiger partial charge is 0.486 e. The van der Waals surface area contributed by atoms with E-state index in [1.807, 2.05) is 6.07 Å². The first-order valence-corrected chi connectivity index (χ1v) is 9.85. The highest BCUT2D eigenvalue weighted by molar-refractivity contribution is 5.89. The highest BCUT2D eigenvalue weighted by Crippen LogP contribution is 2.30. The number of para-hydroxylation sites is 1. The predicted molar refractivity (Wildman–Crippen MR) is 114 cm³/mol. The van der Waals surface area contributed by atoms with Gasteiger partial charge in [-0.05, 0) is 42.5 Å². The Hall–Kier alpha value is -4.08. The molecule has 0 spiro atoms. The number of ether oxygens (including phenoxy) is 1. The van der Waals surface area contributed by atoms with Gasteiger partial charge in [0, 0.05) is 30.4 Å². The number of carbonyl (C=O) groups excluding carboxylic acids is 1. The molecule has 0 aliphatic carbocycles. The molecular weight excluding hydrogens is 439 g/mol. The van der Waals surface area contributed by atoms with Gasteiger partial charge >= 0.3 is 18.2 Å². The number of hydrogen-bond acceptors (Lipinski definition) is 4. The topological polar surface area (TPSA) is 101 Å². The molecule has 172 valence electrons. The Morgan fingerprint density at radius 3 is 2.27 bits per heavy atom. The molecule has 3 aromatic rings. The summed E-state index contributed by atoms with van der Waals surface area (Å²) in [6, 6.07) is 16.1. The van der Waals surface area contributed by atoms with Gasteiger partial charge in [0.05, 0.1) is 5.56 Å². The van der Waals surface area contributed by atoms with Gasteiger partial charge in [0.15, 0.2) is 0 Å². The number of carboxylic acid groups (broad SMARTS) is 1. The maximum Gasteiger partial charge on any atom is 0.433 e. The molecule has 0 radical (unpaired) electrons. The first kappa shape index (κ1) is 23.6. The molecule has 0 saturated heterocycles. The van der Waals surface area contributed by atoms with Crippen molar-refractivity contribution in [2.75, 3.05) is 11.9 Å². The van der Waals surface area contributed by atoms with Crippen LogP contribution in [0.25, 0.3) is 0 Å². The minimum Gasteiger partial charge on any atom is -0.486 e. The van der Waals surface area contributed by atoms with E-state index in [0.717, 1.165) is 12.3 Å². The number of pyridine rings is 1. The predicted octanol–water partition coefficient (Wildman–Crippen LogP) is 5.13. The Kier molecular flexibility index (Phi) is 7.50. The van der Waals surface area contributed by atoms with Crippen LogP contribution < -0.4 is 15.4 Å². The van der Waals surface area contributed by atoms with Gasteiger partial charge in [-0.3, -0.25) is 4.98 Å². The molecule has 1 atom stereocenters. The average Bonchev–Trinajstić information content (AvgIpc) is 2.79. The van der Waals surface area contributed by atoms with Crippen LogP contribution in [0.15, 0.2) is 72.9 Å². The van der Waals surface area contributed by atoms with E-state index in [0.29, 0.717) is 17.0 Å². The van der Waals surface area contributed by atoms with Gasteiger partial charge in [-0.2, -0.15) is 13.2 Å². The number of hydrogen-bond donors (Lipinski definition) is 3. The first-order chi connectivity index (χ1) is 15.7. The molecule has 10 heteroatoms. The van der Waals surface area contributed by atoms with E-state index in [4.69, 9.17) is 9.84 Å². The second kappa shape index (κ2) is 10.5. The van der Waals surface area contributed by atoms with Gasteiger partial charge in [-0.15, -0.1) is 0 Å². The number of urea groups is 1. The van der Waals surface area contributed by atoms with Gasteiger partial charge in [0.25, 0.3) is 0 Å². The molecule has 0 bridgehead atoms. The summed E-state index contributed by atoms with van der Waals surface area (Å²) in [5, 5.41) is 14.3. The summed E-state index contributed by atoms with van der Waals surface area (Å²) in [6.07, 6.45) is -4.02. The van der Waals surface area contributed by atoms with E-state index in [1.54, 1.807) is 24.3 Å². The van der Waals surface area contributed by atoms with E-state index < -0.39 is 30.0 Å². The molecule has 1 aromatic heterocycles. The van der Waals surface area contributed by atoms with Crippen LogP contribution in [0, 0.1) is 0 Å². The van der Waals surface area contributed by atoms with Gasteiger partial charge in [0.1, 0.15) is 17.5 Å². The van der Waals surface area contributed by atoms with Crippen molar-refractivity contribution >= 4 is 17.7 Å². The van der Waals surface area contributed by atoms with Crippen molar-refractivity contribution in [3.8, 4) is 5.75 Å². The highest BCUT2D eigenvalue weighted by Gasteiger charge is 2.32. The quantitative estimate of drug-likeness (QED) is 0.434. The van der Waals surface area contributed by atoms with Crippen LogP contribution in [0.1, 0.15) is 34.1 Å². The Labute approximate surface area is 187 Å². The lowest BCUT2D eigenvalue weighted by Gasteiger charge is -2.20. The minimum absolute atomic E-state index is 0.0642. The Morgan fingerprint density at radius 1 is 1.00 bits per heavy atom. The SMILES string of the molecule is O=C(NCCC(Oc1ccc(C(=O)O)cc1)c1ccc(C(F)(F)F)nc1)Nc1ccccc1. The highest BCUT2D eigenvalue weighted by atomic mass is 19.4. The number of anilines is 1. The lowest BCUT2D eigenvalue weighted by Crippen LogP contribution is -2.30. The number of aromatic nitrogens is 1. The number of nitrogens with zero attached hydrogens (tertiary/aromatic N) is 1. The number of aromatic carboxylic acids is 1. The second-order valence-corrected chi connectivity index (χ2v) is 6.95. The van der Waals surface area contributed by atoms with E-state index in [1.165, 1.54) is 30.3 Å². The van der Waals surface area contributed by atoms with Crippen LogP contribution >= 0.6 is 0 Å². The summed E-state index contributed by atoms with van der Waals surface area (Å²) in [6.45, 7) is 0.150. The van der Waals surface area contributed by atoms with E-state index in [9.17, 15) is 22.8 Å². The van der Waals surface area contributed by atoms with Crippen molar-refractivity contribution in [2.45, 2.75) is 18.7 Å². The van der Waals surface area contributed by atoms with Crippen molar-refractivity contribution in [2.24, 2.45) is 0 Å². The minimum atomic E-state index is -4.57. The standard InChI is InChI=1S/C23H20F3N3O4/c24-23(25,26)20-11-8-16(14-28-20)19(33-18-9-6-15(7-10-18)21(30)31)12-13-27-22(32)29-17-4-2-1-3-5-17/h1-11,14,19H,12-13H2,(H,30,31)(H2,27,29,32). The number of carboxylic acids is 1. The summed E-state index contributed by atoms with van der Waals surface area (Å²) in [4.78, 5) is 26.6. The number of carbonyl (C=O) groups is 2. The molecule has 3 N–H and O–H groups in total. The molecule has 0 aliphatic heterocycles. The zero-order valence-electron chi connectivity index (χ0n) is 17.2. The van der Waals surface area contributed by atoms with Gasteiger partial charge in [-0.1, -0.05) is 24.3 Å². The summed E-state index contributed by atoms with van der Waals surface area (Å²) >= 11 is 0. The number of alkyl halides is 3. The summed E-state index contributed by atoms with van der Waals surface area (Å²) in [5.74, 6) is -0.780. The van der Waals surface area contributed by atoms with Crippen LogP contribution in [-0.2, 0) is 6.18 Å². The monoisotopic (exact) mass is 459 g/mol. The van der Waals surface area contributed by atoms with Crippen LogP contribution in [0.3, 0.4) is 0 Å². The fourth-order valence-corrected chi connectivity index (χ4v) is 2.91. The molecule has 1 heterocycles. The normalized spacial score (nSPS) is 12.0. The Bertz CT molecular complexity index is 1070. The van der Waals surface area contributed by atoms with Gasteiger partial charge in [-0.25, -0.2) is 9.59 Å². The van der Waals surface area contributed by atoms with Crippen molar-refractivity contribution in [1.29, 1.82) is 0 Å². The van der Waals surface area contributed by atoms with E-state index in [2.05, 4.69) is 15.6 Å². The molecule has 7 nitrogen and oxygen atoms in total. The summed E-state index contributed by atoms with van der Waals surface area (Å²) in [7, 11) is 0. The maximum absolute atomic E-state index is 12.8. The third-order valence-electron chi connectivity index (χ3n) is 4.55. The number of halogens is 3. The third kappa shape index (κ3) is 6.96. The Balaban J connectivity index is 1.69. The van der Waals surface area contributed by atoms with Gasteiger partial charge < -0.3 is 20.5 Å². The van der Waals surface area contributed by atoms with Gasteiger partial charge in [0.2, 0.25) is 0 Å². The zero-order chi connectivity index (χ0) is 23.8.